The van der Waals surface area contributed by atoms with Crippen LogP contribution in [0.2, 0.25) is 0 Å². The average molecular weight is 615 g/mol. The Hall–Kier alpha value is -3.42. The van der Waals surface area contributed by atoms with Crippen molar-refractivity contribution in [1.29, 1.82) is 0 Å². The van der Waals surface area contributed by atoms with Crippen LogP contribution < -0.4 is 0 Å². The van der Waals surface area contributed by atoms with Gasteiger partial charge in [-0.05, 0) is 71.6 Å². The van der Waals surface area contributed by atoms with Gasteiger partial charge in [0.15, 0.2) is 0 Å². The molecule has 2 aromatic carbocycles. The molecule has 0 saturated heterocycles. The van der Waals surface area contributed by atoms with Crippen LogP contribution in [0.15, 0.2) is 24.3 Å². The molecule has 246 valence electrons. The summed E-state index contributed by atoms with van der Waals surface area (Å²) >= 11 is 0. The monoisotopic (exact) mass is 614 g/mol. The van der Waals surface area contributed by atoms with Gasteiger partial charge in [-0.1, -0.05) is 69.2 Å². The zero-order valence-electron chi connectivity index (χ0n) is 28.4. The van der Waals surface area contributed by atoms with E-state index in [0.717, 1.165) is 0 Å². The maximum Gasteiger partial charge on any atom is 0.305 e. The predicted molar refractivity (Wildman–Crippen MR) is 173 cm³/mol. The van der Waals surface area contributed by atoms with Crippen LogP contribution in [0.3, 0.4) is 0 Å². The molecular weight excluding hydrogens is 560 g/mol. The molecule has 0 fully saturated rings. The lowest BCUT2D eigenvalue weighted by Gasteiger charge is -2.29. The summed E-state index contributed by atoms with van der Waals surface area (Å²) in [6, 6.07) is 6.46. The van der Waals surface area contributed by atoms with E-state index in [1.807, 2.05) is 69.2 Å². The Bertz CT molecular complexity index is 1210. The molecule has 0 aliphatic heterocycles. The van der Waals surface area contributed by atoms with E-state index in [9.17, 15) is 30.0 Å². The van der Waals surface area contributed by atoms with E-state index in [1.54, 1.807) is 24.3 Å². The van der Waals surface area contributed by atoms with Crippen LogP contribution in [0.4, 0.5) is 0 Å². The summed E-state index contributed by atoms with van der Waals surface area (Å²) in [7, 11) is 0. The van der Waals surface area contributed by atoms with Crippen molar-refractivity contribution in [2.45, 2.75) is 129 Å². The predicted octanol–water partition coefficient (Wildman–Crippen LogP) is 7.79. The van der Waals surface area contributed by atoms with Gasteiger partial charge in [0.05, 0.1) is 0 Å². The molecule has 0 aromatic heterocycles. The fourth-order valence-electron chi connectivity index (χ4n) is 5.51. The minimum Gasteiger partial charge on any atom is -0.508 e. The van der Waals surface area contributed by atoms with E-state index >= 15 is 0 Å². The number of carbonyl (C=O) groups excluding carboxylic acids is 2. The lowest BCUT2D eigenvalue weighted by molar-refractivity contribution is -0.152. The number of benzene rings is 2. The Labute approximate surface area is 263 Å². The van der Waals surface area contributed by atoms with Crippen molar-refractivity contribution in [1.82, 2.24) is 0 Å². The Morgan fingerprint density at radius 1 is 0.523 bits per heavy atom. The molecule has 2 rings (SSSR count). The average Bonchev–Trinajstić information content (AvgIpc) is 2.87. The van der Waals surface area contributed by atoms with Gasteiger partial charge in [-0.2, -0.15) is 0 Å². The van der Waals surface area contributed by atoms with Gasteiger partial charge in [0, 0.05) is 35.1 Å². The molecule has 44 heavy (non-hydrogen) atoms. The van der Waals surface area contributed by atoms with Crippen LogP contribution in [-0.2, 0) is 40.7 Å². The molecule has 0 heterocycles. The smallest absolute Gasteiger partial charge is 0.305 e. The van der Waals surface area contributed by atoms with Crippen LogP contribution >= 0.6 is 0 Å². The van der Waals surface area contributed by atoms with Gasteiger partial charge in [-0.15, -0.1) is 0 Å². The molecule has 0 aliphatic rings. The number of hydrogen-bond donors (Lipinski definition) is 4. The SMILES string of the molecule is CC(C)(C)c1cc(O)c(C(C)(C)CCCC(=O)OCCOC(=O)CCCC(C)(C)c2cc(O)c(C(C)(C)C)cc2O)cc1O. The third kappa shape index (κ3) is 10.1. The van der Waals surface area contributed by atoms with E-state index in [1.165, 1.54) is 0 Å². The van der Waals surface area contributed by atoms with Crippen molar-refractivity contribution in [3.8, 4) is 23.0 Å². The number of hydrogen-bond acceptors (Lipinski definition) is 8. The minimum absolute atomic E-state index is 0.0321. The molecule has 8 nitrogen and oxygen atoms in total. The van der Waals surface area contributed by atoms with Crippen LogP contribution in [-0.4, -0.2) is 45.6 Å². The summed E-state index contributed by atoms with van der Waals surface area (Å²) in [6.07, 6.45) is 2.58. The Morgan fingerprint density at radius 3 is 1.09 bits per heavy atom. The second kappa shape index (κ2) is 14.1. The first-order valence-electron chi connectivity index (χ1n) is 15.5. The Kier molecular flexibility index (Phi) is 11.8. The largest absolute Gasteiger partial charge is 0.508 e. The topological polar surface area (TPSA) is 134 Å². The molecule has 0 bridgehead atoms. The van der Waals surface area contributed by atoms with Gasteiger partial charge in [0.25, 0.3) is 0 Å². The van der Waals surface area contributed by atoms with Crippen molar-refractivity contribution in [3.05, 3.63) is 46.5 Å². The van der Waals surface area contributed by atoms with Gasteiger partial charge >= 0.3 is 11.9 Å². The summed E-state index contributed by atoms with van der Waals surface area (Å²) in [5.74, 6) is -0.262. The third-order valence-electron chi connectivity index (χ3n) is 8.28. The Balaban J connectivity index is 1.74. The van der Waals surface area contributed by atoms with Gasteiger partial charge < -0.3 is 29.9 Å². The number of carbonyl (C=O) groups is 2. The first-order chi connectivity index (χ1) is 20.1. The molecule has 0 aliphatic carbocycles. The molecule has 8 heteroatoms. The first-order valence-corrected chi connectivity index (χ1v) is 15.5. The molecule has 0 spiro atoms. The van der Waals surface area contributed by atoms with Crippen LogP contribution in [0.5, 0.6) is 23.0 Å². The fourth-order valence-corrected chi connectivity index (χ4v) is 5.51. The molecule has 0 saturated carbocycles. The minimum atomic E-state index is -0.475. The van der Waals surface area contributed by atoms with E-state index in [4.69, 9.17) is 9.47 Å². The molecule has 4 N–H and O–H groups in total. The van der Waals surface area contributed by atoms with Crippen molar-refractivity contribution in [2.75, 3.05) is 13.2 Å². The highest BCUT2D eigenvalue weighted by atomic mass is 16.6. The van der Waals surface area contributed by atoms with Crippen LogP contribution in [0.25, 0.3) is 0 Å². The van der Waals surface area contributed by atoms with Crippen molar-refractivity contribution in [2.24, 2.45) is 0 Å². The second-order valence-corrected chi connectivity index (χ2v) is 15.2. The molecule has 0 unspecified atom stereocenters. The highest BCUT2D eigenvalue weighted by Gasteiger charge is 2.29. The number of phenols is 4. The summed E-state index contributed by atoms with van der Waals surface area (Å²) in [4.78, 5) is 24.5. The van der Waals surface area contributed by atoms with E-state index in [2.05, 4.69) is 0 Å². The standard InChI is InChI=1S/C36H54O8/c1-33(2,3)23-19-29(39)25(21-27(23)37)35(7,8)15-11-13-31(41)43-17-18-44-32(42)14-12-16-36(9,10)26-22-28(38)24(20-30(26)40)34(4,5)6/h19-22,37-40H,11-18H2,1-10H3. The summed E-state index contributed by atoms with van der Waals surface area (Å²) in [5.41, 5.74) is 1.02. The van der Waals surface area contributed by atoms with Crippen LogP contribution in [0.1, 0.15) is 130 Å². The molecular formula is C36H54O8. The number of esters is 2. The molecule has 2 aromatic rings. The Morgan fingerprint density at radius 2 is 0.795 bits per heavy atom. The number of phenolic OH excluding ortho intramolecular Hbond substituents is 4. The highest BCUT2D eigenvalue weighted by Crippen LogP contribution is 2.43. The lowest BCUT2D eigenvalue weighted by Crippen LogP contribution is -2.20. The highest BCUT2D eigenvalue weighted by molar-refractivity contribution is 5.70. The van der Waals surface area contributed by atoms with E-state index in [-0.39, 0.29) is 59.9 Å². The summed E-state index contributed by atoms with van der Waals surface area (Å²) < 4.78 is 10.5. The second-order valence-electron chi connectivity index (χ2n) is 15.2. The maximum absolute atomic E-state index is 12.2. The molecule has 0 radical (unpaired) electrons. The normalized spacial score (nSPS) is 12.7. The molecule has 0 atom stereocenters. The van der Waals surface area contributed by atoms with Crippen LogP contribution in [0, 0.1) is 0 Å². The van der Waals surface area contributed by atoms with Gasteiger partial charge in [0.1, 0.15) is 36.2 Å². The molecule has 0 amide bonds. The van der Waals surface area contributed by atoms with Crippen molar-refractivity contribution >= 4 is 11.9 Å². The van der Waals surface area contributed by atoms with Crippen molar-refractivity contribution in [3.63, 3.8) is 0 Å². The van der Waals surface area contributed by atoms with Gasteiger partial charge in [0.2, 0.25) is 0 Å². The quantitative estimate of drug-likeness (QED) is 0.102. The maximum atomic E-state index is 12.2. The van der Waals surface area contributed by atoms with Gasteiger partial charge in [-0.25, -0.2) is 0 Å². The summed E-state index contributed by atoms with van der Waals surface area (Å²) in [5, 5.41) is 42.4. The van der Waals surface area contributed by atoms with E-state index in [0.29, 0.717) is 47.9 Å². The number of aromatic hydroxyl groups is 4. The zero-order valence-corrected chi connectivity index (χ0v) is 28.4. The lowest BCUT2D eigenvalue weighted by atomic mass is 9.77. The first kappa shape index (κ1) is 36.8. The zero-order chi connectivity index (χ0) is 33.7. The van der Waals surface area contributed by atoms with Crippen molar-refractivity contribution < 1.29 is 39.5 Å². The third-order valence-corrected chi connectivity index (χ3v) is 8.28. The number of ether oxygens (including phenoxy) is 2. The van der Waals surface area contributed by atoms with E-state index < -0.39 is 22.8 Å². The van der Waals surface area contributed by atoms with Gasteiger partial charge in [-0.3, -0.25) is 9.59 Å². The number of rotatable bonds is 13. The fraction of sp³-hybridized carbons (Fsp3) is 0.611. The summed E-state index contributed by atoms with van der Waals surface area (Å²) in [6.45, 7) is 19.6.